The van der Waals surface area contributed by atoms with Crippen LogP contribution in [0.15, 0.2) is 24.3 Å². The van der Waals surface area contributed by atoms with Crippen LogP contribution in [0.5, 0.6) is 0 Å². The minimum atomic E-state index is 0. The monoisotopic (exact) mass is 174 g/mol. The first-order valence-corrected chi connectivity index (χ1v) is 3.88. The minimum absolute atomic E-state index is 0. The summed E-state index contributed by atoms with van der Waals surface area (Å²) in [4.78, 5) is 0. The molecule has 0 heteroatoms. The van der Waals surface area contributed by atoms with Gasteiger partial charge in [0.15, 0.2) is 0 Å². The molecule has 1 aromatic carbocycles. The maximum Gasteiger partial charge on any atom is 0 e. The molecule has 1 aromatic rings. The Hall–Kier alpha value is -0.780. The average Bonchev–Trinajstić information content (AvgIpc) is 2.67. The van der Waals surface area contributed by atoms with Crippen molar-refractivity contribution in [3.05, 3.63) is 35.4 Å². The summed E-state index contributed by atoms with van der Waals surface area (Å²) in [5.74, 6) is 0. The van der Waals surface area contributed by atoms with Crippen LogP contribution in [0.4, 0.5) is 0 Å². The van der Waals surface area contributed by atoms with Gasteiger partial charge in [-0.2, -0.15) is 0 Å². The molecule has 0 aromatic heterocycles. The molecule has 1 rings (SSSR count). The number of aryl methyl sites for hydroxylation is 2. The Morgan fingerprint density at radius 2 is 1.90 bits per heavy atom. The molecule has 0 aliphatic heterocycles. The van der Waals surface area contributed by atoms with Gasteiger partial charge in [0.2, 0.25) is 0 Å². The molecule has 0 saturated carbocycles. The van der Waals surface area contributed by atoms with Gasteiger partial charge in [0.25, 0.3) is 0 Å². The van der Waals surface area contributed by atoms with Crippen molar-refractivity contribution in [1.29, 1.82) is 0 Å². The second-order valence-corrected chi connectivity index (χ2v) is 2.74. The molecule has 0 fully saturated rings. The first kappa shape index (κ1) is 2.69. The second-order valence-electron chi connectivity index (χ2n) is 2.74. The standard InChI is InChI=1S/C10H14.7H2/c1-3-4-10-7-5-9(2)6-8-10;;;;;;;/h5-8H,3-4H2,1-2H3;7*1H/i;6*1+2T;1+2. The summed E-state index contributed by atoms with van der Waals surface area (Å²) in [5.41, 5.74) is 2.80. The maximum absolute atomic E-state index is 5.00. The number of hydrogen-bond donors (Lipinski definition) is 0. The maximum atomic E-state index is 5.00. The number of rotatable bonds is 2. The lowest BCUT2D eigenvalue weighted by molar-refractivity contribution is 0.921. The fourth-order valence-corrected chi connectivity index (χ4v) is 1.04. The number of hydrogen-bond acceptors (Lipinski definition) is 0. The summed E-state index contributed by atoms with van der Waals surface area (Å²) in [7, 11) is 0. The molecule has 0 aliphatic rings. The van der Waals surface area contributed by atoms with Crippen LogP contribution in [0, 0.1) is 6.92 Å². The van der Waals surface area contributed by atoms with Gasteiger partial charge in [-0.25, -0.2) is 0 Å². The summed E-state index contributed by atoms with van der Waals surface area (Å²) >= 11 is 0. The van der Waals surface area contributed by atoms with Crippen LogP contribution in [-0.4, -0.2) is 0 Å². The summed E-state index contributed by atoms with van der Waals surface area (Å²) in [6.45, 7) is 4.33. The molecule has 0 spiro atoms. The predicted octanol–water partition coefficient (Wildman–Crippen LogP) is 4.67. The zero-order chi connectivity index (χ0) is 19.4. The van der Waals surface area contributed by atoms with Crippen molar-refractivity contribution in [2.75, 3.05) is 0 Å². The minimum Gasteiger partial charge on any atom is -0.0651 e. The Kier molecular flexibility index (Phi) is 0.915. The van der Waals surface area contributed by atoms with Gasteiger partial charge in [-0.3, -0.25) is 0 Å². The van der Waals surface area contributed by atoms with Gasteiger partial charge in [0.1, 0.15) is 0 Å². The van der Waals surface area contributed by atoms with E-state index in [-0.39, 0.29) is 1.43 Å². The zero-order valence-corrected chi connectivity index (χ0v) is 6.72. The van der Waals surface area contributed by atoms with Crippen LogP contribution in [0.3, 0.4) is 0 Å². The van der Waals surface area contributed by atoms with Crippen LogP contribution >= 0.6 is 0 Å². The van der Waals surface area contributed by atoms with E-state index in [0.29, 0.717) is 0 Å². The van der Waals surface area contributed by atoms with Crippen molar-refractivity contribution in [2.45, 2.75) is 26.7 Å². The molecular weight excluding hydrogens is 120 g/mol. The molecule has 68 valence electrons. The van der Waals surface area contributed by atoms with Crippen LogP contribution in [0.2, 0.25) is 0 Å². The van der Waals surface area contributed by atoms with Crippen LogP contribution in [-0.2, 0) is 6.42 Å². The summed E-state index contributed by atoms with van der Waals surface area (Å²) in [5, 5.41) is 0. The average molecular weight is 174 g/mol. The first-order valence-electron chi connectivity index (χ1n) is 9.88. The molecule has 0 nitrogen and oxygen atoms in total. The van der Waals surface area contributed by atoms with E-state index >= 15 is 0 Å². The smallest absolute Gasteiger partial charge is 0 e. The second kappa shape index (κ2) is 3.40. The SMILES string of the molecule is CCCc1ccc(C)cc1.[3HH].[3H][3H].[3H][3H].[3H][3H].[3H][3H].[3H][3H].[3H][3H]. The van der Waals surface area contributed by atoms with Crippen molar-refractivity contribution < 1.29 is 19.2 Å². The zero-order valence-electron chi connectivity index (χ0n) is 18.7. The van der Waals surface area contributed by atoms with E-state index in [0.717, 1.165) is 0 Å². The Labute approximate surface area is 82.9 Å². The van der Waals surface area contributed by atoms with Crippen LogP contribution in [0.1, 0.15) is 43.7 Å². The Balaban J connectivity index is -0.0000000338. The largest absolute Gasteiger partial charge is 0.0651 e. The van der Waals surface area contributed by atoms with Gasteiger partial charge in [-0.15, -0.1) is 0 Å². The molecule has 0 radical (unpaired) electrons. The molecule has 0 unspecified atom stereocenters. The highest BCUT2D eigenvalue weighted by molar-refractivity contribution is 5.21. The molecule has 0 N–H and O–H groups in total. The van der Waals surface area contributed by atoms with Gasteiger partial charge in [-0.05, 0) is 18.9 Å². The van der Waals surface area contributed by atoms with Gasteiger partial charge >= 0.3 is 0 Å². The van der Waals surface area contributed by atoms with Crippen molar-refractivity contribution in [3.8, 4) is 0 Å². The molecule has 0 bridgehead atoms. The van der Waals surface area contributed by atoms with E-state index in [1.165, 1.54) is 24.0 Å². The lowest BCUT2D eigenvalue weighted by Gasteiger charge is -1.97. The van der Waals surface area contributed by atoms with Gasteiger partial charge in [0, 0.05) is 19.2 Å². The van der Waals surface area contributed by atoms with Crippen molar-refractivity contribution >= 4 is 0 Å². The van der Waals surface area contributed by atoms with E-state index in [4.69, 9.17) is 17.8 Å². The molecule has 0 saturated heterocycles. The molecule has 0 atom stereocenters. The molecule has 0 heterocycles. The Morgan fingerprint density at radius 3 is 2.40 bits per heavy atom. The summed E-state index contributed by atoms with van der Waals surface area (Å²) < 4.78 is 60.0. The van der Waals surface area contributed by atoms with Crippen molar-refractivity contribution in [1.82, 2.24) is 0 Å². The molecular formula is C10H28. The summed E-state index contributed by atoms with van der Waals surface area (Å²) in [6.07, 6.45) is 2.45. The highest BCUT2D eigenvalue weighted by atomic mass is 13.9. The third-order valence-corrected chi connectivity index (χ3v) is 1.66. The third-order valence-electron chi connectivity index (χ3n) is 1.66. The lowest BCUT2D eigenvalue weighted by Crippen LogP contribution is -1.81. The van der Waals surface area contributed by atoms with E-state index in [2.05, 4.69) is 38.1 Å². The fraction of sp³-hybridized carbons (Fsp3) is 0.400. The first-order chi connectivity index (χ1) is 10.8. The van der Waals surface area contributed by atoms with E-state index in [1.54, 1.807) is 0 Å². The lowest BCUT2D eigenvalue weighted by atomic mass is 10.1. The van der Waals surface area contributed by atoms with Crippen molar-refractivity contribution in [2.24, 2.45) is 0 Å². The van der Waals surface area contributed by atoms with E-state index in [1.807, 2.05) is 0 Å². The number of benzene rings is 1. The molecule has 0 amide bonds. The van der Waals surface area contributed by atoms with Gasteiger partial charge in [0.05, 0.1) is 0 Å². The quantitative estimate of drug-likeness (QED) is 0.611. The van der Waals surface area contributed by atoms with E-state index in [9.17, 15) is 0 Å². The summed E-state index contributed by atoms with van der Waals surface area (Å²) in [6, 6.07) is 8.76. The van der Waals surface area contributed by atoms with Crippen molar-refractivity contribution in [3.63, 3.8) is 0 Å². The fourth-order valence-electron chi connectivity index (χ4n) is 1.04. The Morgan fingerprint density at radius 1 is 1.30 bits per heavy atom. The molecule has 0 aliphatic carbocycles. The Bertz CT molecular complexity index is 206. The molecule has 10 heavy (non-hydrogen) atoms. The highest BCUT2D eigenvalue weighted by Gasteiger charge is 1.87. The predicted molar refractivity (Wildman–Crippen MR) is 60.0 cm³/mol. The topological polar surface area (TPSA) is 0 Å². The highest BCUT2D eigenvalue weighted by Crippen LogP contribution is 2.04. The van der Waals surface area contributed by atoms with Crippen LogP contribution < -0.4 is 0 Å². The normalized spacial score (nSPS) is 14.6. The third kappa shape index (κ3) is 1.87. The van der Waals surface area contributed by atoms with E-state index < -0.39 is 0 Å². The van der Waals surface area contributed by atoms with Gasteiger partial charge in [-0.1, -0.05) is 43.2 Å². The van der Waals surface area contributed by atoms with Crippen LogP contribution in [0.25, 0.3) is 0 Å². The van der Waals surface area contributed by atoms with Gasteiger partial charge < -0.3 is 0 Å².